The zero-order valence-corrected chi connectivity index (χ0v) is 16.7. The number of carbonyl (C=O) groups is 2. The Balaban J connectivity index is 1.89. The standard InChI is InChI=1S/C21H23F3N4O2/c1-27(2)18-12-15(8-9-25-18)20(30)26-17(13-28-10-4-7-19(28)29)14-5-3-6-16(11-14)21(22,23)24/h3,5-6,8-9,11-12,17H,4,7,10,13H2,1-2H3,(H,26,30). The third-order valence-corrected chi connectivity index (χ3v) is 4.96. The first kappa shape index (κ1) is 21.6. The van der Waals surface area contributed by atoms with Crippen LogP contribution in [0.2, 0.25) is 0 Å². The number of hydrogen-bond donors (Lipinski definition) is 1. The van der Waals surface area contributed by atoms with Crippen LogP contribution in [-0.2, 0) is 11.0 Å². The third-order valence-electron chi connectivity index (χ3n) is 4.96. The van der Waals surface area contributed by atoms with Crippen molar-refractivity contribution in [2.45, 2.75) is 25.1 Å². The maximum atomic E-state index is 13.2. The molecule has 9 heteroatoms. The fraction of sp³-hybridized carbons (Fsp3) is 0.381. The lowest BCUT2D eigenvalue weighted by molar-refractivity contribution is -0.137. The first-order chi connectivity index (χ1) is 14.1. The van der Waals surface area contributed by atoms with Crippen LogP contribution in [0.4, 0.5) is 19.0 Å². The van der Waals surface area contributed by atoms with Gasteiger partial charge in [-0.05, 0) is 36.2 Å². The molecule has 3 rings (SSSR count). The Hall–Kier alpha value is -3.10. The molecular formula is C21H23F3N4O2. The number of hydrogen-bond acceptors (Lipinski definition) is 4. The van der Waals surface area contributed by atoms with Crippen LogP contribution in [0.15, 0.2) is 42.6 Å². The van der Waals surface area contributed by atoms with Crippen molar-refractivity contribution >= 4 is 17.6 Å². The molecule has 1 saturated heterocycles. The first-order valence-corrected chi connectivity index (χ1v) is 9.54. The Morgan fingerprint density at radius 2 is 2.03 bits per heavy atom. The van der Waals surface area contributed by atoms with Gasteiger partial charge in [0.15, 0.2) is 0 Å². The Kier molecular flexibility index (Phi) is 6.28. The van der Waals surface area contributed by atoms with E-state index < -0.39 is 23.7 Å². The van der Waals surface area contributed by atoms with Gasteiger partial charge in [0, 0.05) is 45.4 Å². The highest BCUT2D eigenvalue weighted by molar-refractivity contribution is 5.95. The Bertz CT molecular complexity index is 930. The number of benzene rings is 1. The summed E-state index contributed by atoms with van der Waals surface area (Å²) in [7, 11) is 3.57. The first-order valence-electron chi connectivity index (χ1n) is 9.54. The summed E-state index contributed by atoms with van der Waals surface area (Å²) in [6, 6.07) is 7.18. The molecule has 2 amide bonds. The van der Waals surface area contributed by atoms with Crippen LogP contribution in [0.3, 0.4) is 0 Å². The minimum atomic E-state index is -4.50. The molecule has 0 bridgehead atoms. The van der Waals surface area contributed by atoms with E-state index in [9.17, 15) is 22.8 Å². The number of nitrogens with one attached hydrogen (secondary N) is 1. The van der Waals surface area contributed by atoms with Gasteiger partial charge < -0.3 is 15.1 Å². The number of likely N-dealkylation sites (tertiary alicyclic amines) is 1. The summed E-state index contributed by atoms with van der Waals surface area (Å²) in [6.07, 6.45) is -1.91. The molecule has 30 heavy (non-hydrogen) atoms. The van der Waals surface area contributed by atoms with Gasteiger partial charge in [-0.1, -0.05) is 12.1 Å². The molecule has 0 radical (unpaired) electrons. The average molecular weight is 420 g/mol. The number of pyridine rings is 1. The van der Waals surface area contributed by atoms with Gasteiger partial charge in [0.05, 0.1) is 11.6 Å². The SMILES string of the molecule is CN(C)c1cc(C(=O)NC(CN2CCCC2=O)c2cccc(C(F)(F)F)c2)ccn1. The van der Waals surface area contributed by atoms with Gasteiger partial charge in [-0.3, -0.25) is 9.59 Å². The van der Waals surface area contributed by atoms with Crippen LogP contribution >= 0.6 is 0 Å². The monoisotopic (exact) mass is 420 g/mol. The molecule has 1 fully saturated rings. The molecule has 2 aromatic rings. The van der Waals surface area contributed by atoms with E-state index in [1.807, 2.05) is 0 Å². The van der Waals surface area contributed by atoms with Gasteiger partial charge in [-0.15, -0.1) is 0 Å². The lowest BCUT2D eigenvalue weighted by atomic mass is 10.0. The summed E-state index contributed by atoms with van der Waals surface area (Å²) >= 11 is 0. The maximum Gasteiger partial charge on any atom is 0.416 e. The fourth-order valence-electron chi connectivity index (χ4n) is 3.33. The van der Waals surface area contributed by atoms with E-state index >= 15 is 0 Å². The van der Waals surface area contributed by atoms with Crippen LogP contribution in [0.25, 0.3) is 0 Å². The summed E-state index contributed by atoms with van der Waals surface area (Å²) in [5.41, 5.74) is -0.177. The van der Waals surface area contributed by atoms with Gasteiger partial charge >= 0.3 is 6.18 Å². The van der Waals surface area contributed by atoms with E-state index in [0.717, 1.165) is 12.1 Å². The van der Waals surface area contributed by atoms with E-state index in [1.54, 1.807) is 30.0 Å². The zero-order chi connectivity index (χ0) is 21.9. The summed E-state index contributed by atoms with van der Waals surface area (Å²) in [5.74, 6) is 0.0579. The van der Waals surface area contributed by atoms with Crippen molar-refractivity contribution in [2.75, 3.05) is 32.1 Å². The molecule has 0 aliphatic carbocycles. The van der Waals surface area contributed by atoms with Crippen LogP contribution in [0.5, 0.6) is 0 Å². The molecule has 1 aromatic carbocycles. The molecule has 1 N–H and O–H groups in total. The number of nitrogens with zero attached hydrogens (tertiary/aromatic N) is 3. The normalized spacial score (nSPS) is 15.2. The van der Waals surface area contributed by atoms with E-state index in [1.165, 1.54) is 24.4 Å². The van der Waals surface area contributed by atoms with Gasteiger partial charge in [0.25, 0.3) is 5.91 Å². The van der Waals surface area contributed by atoms with Crippen molar-refractivity contribution in [2.24, 2.45) is 0 Å². The minimum Gasteiger partial charge on any atom is -0.363 e. The smallest absolute Gasteiger partial charge is 0.363 e. The Morgan fingerprint density at radius 1 is 1.27 bits per heavy atom. The molecule has 160 valence electrons. The zero-order valence-electron chi connectivity index (χ0n) is 16.7. The number of carbonyl (C=O) groups excluding carboxylic acids is 2. The molecule has 0 saturated carbocycles. The molecule has 1 aliphatic heterocycles. The molecule has 2 heterocycles. The molecular weight excluding hydrogens is 397 g/mol. The maximum absolute atomic E-state index is 13.2. The predicted molar refractivity (Wildman–Crippen MR) is 106 cm³/mol. The molecule has 1 atom stereocenters. The van der Waals surface area contributed by atoms with Crippen molar-refractivity contribution < 1.29 is 22.8 Å². The molecule has 0 spiro atoms. The second kappa shape index (κ2) is 8.73. The van der Waals surface area contributed by atoms with Gasteiger partial charge in [-0.2, -0.15) is 13.2 Å². The van der Waals surface area contributed by atoms with E-state index in [0.29, 0.717) is 36.3 Å². The number of anilines is 1. The molecule has 1 aromatic heterocycles. The summed E-state index contributed by atoms with van der Waals surface area (Å²) in [5, 5.41) is 2.80. The summed E-state index contributed by atoms with van der Waals surface area (Å²) < 4.78 is 39.5. The van der Waals surface area contributed by atoms with E-state index in [4.69, 9.17) is 0 Å². The predicted octanol–water partition coefficient (Wildman–Crippen LogP) is 3.26. The van der Waals surface area contributed by atoms with Crippen molar-refractivity contribution in [1.82, 2.24) is 15.2 Å². The largest absolute Gasteiger partial charge is 0.416 e. The average Bonchev–Trinajstić information content (AvgIpc) is 3.11. The topological polar surface area (TPSA) is 65.5 Å². The number of halogens is 3. The van der Waals surface area contributed by atoms with Crippen LogP contribution in [0, 0.1) is 0 Å². The highest BCUT2D eigenvalue weighted by Gasteiger charge is 2.32. The highest BCUT2D eigenvalue weighted by atomic mass is 19.4. The second-order valence-corrected chi connectivity index (χ2v) is 7.39. The van der Waals surface area contributed by atoms with E-state index in [2.05, 4.69) is 10.3 Å². The Morgan fingerprint density at radius 3 is 2.67 bits per heavy atom. The summed E-state index contributed by atoms with van der Waals surface area (Å²) in [6.45, 7) is 0.627. The van der Waals surface area contributed by atoms with Crippen molar-refractivity contribution in [3.63, 3.8) is 0 Å². The van der Waals surface area contributed by atoms with Gasteiger partial charge in [-0.25, -0.2) is 4.98 Å². The van der Waals surface area contributed by atoms with Gasteiger partial charge in [0.2, 0.25) is 5.91 Å². The number of aromatic nitrogens is 1. The second-order valence-electron chi connectivity index (χ2n) is 7.39. The van der Waals surface area contributed by atoms with Crippen molar-refractivity contribution in [1.29, 1.82) is 0 Å². The minimum absolute atomic E-state index is 0.0694. The molecule has 1 unspecified atom stereocenters. The number of alkyl halides is 3. The van der Waals surface area contributed by atoms with E-state index in [-0.39, 0.29) is 12.5 Å². The fourth-order valence-corrected chi connectivity index (χ4v) is 3.33. The van der Waals surface area contributed by atoms with Crippen molar-refractivity contribution in [3.05, 3.63) is 59.3 Å². The van der Waals surface area contributed by atoms with Gasteiger partial charge in [0.1, 0.15) is 5.82 Å². The highest BCUT2D eigenvalue weighted by Crippen LogP contribution is 2.31. The van der Waals surface area contributed by atoms with Crippen LogP contribution < -0.4 is 10.2 Å². The Labute approximate surface area is 172 Å². The number of rotatable bonds is 6. The van der Waals surface area contributed by atoms with Crippen LogP contribution in [0.1, 0.15) is 40.4 Å². The summed E-state index contributed by atoms with van der Waals surface area (Å²) in [4.78, 5) is 32.4. The van der Waals surface area contributed by atoms with Crippen LogP contribution in [-0.4, -0.2) is 48.9 Å². The third kappa shape index (κ3) is 5.08. The van der Waals surface area contributed by atoms with Crippen molar-refractivity contribution in [3.8, 4) is 0 Å². The lowest BCUT2D eigenvalue weighted by Gasteiger charge is -2.26. The quantitative estimate of drug-likeness (QED) is 0.779. The number of amides is 2. The lowest BCUT2D eigenvalue weighted by Crippen LogP contribution is -2.38. The molecule has 6 nitrogen and oxygen atoms in total. The molecule has 1 aliphatic rings.